The SMILES string of the molecule is CCCCC1=CCc2c(Cl)cccc2C1. The lowest BCUT2D eigenvalue weighted by Crippen LogP contribution is -2.03. The Kier molecular flexibility index (Phi) is 3.48. The van der Waals surface area contributed by atoms with Gasteiger partial charge in [-0.2, -0.15) is 0 Å². The van der Waals surface area contributed by atoms with Crippen LogP contribution in [-0.4, -0.2) is 0 Å². The summed E-state index contributed by atoms with van der Waals surface area (Å²) in [6.07, 6.45) is 8.33. The van der Waals surface area contributed by atoms with E-state index in [1.54, 1.807) is 5.57 Å². The van der Waals surface area contributed by atoms with Crippen molar-refractivity contribution in [1.29, 1.82) is 0 Å². The highest BCUT2D eigenvalue weighted by Gasteiger charge is 2.12. The summed E-state index contributed by atoms with van der Waals surface area (Å²) >= 11 is 6.16. The van der Waals surface area contributed by atoms with E-state index in [1.807, 2.05) is 6.07 Å². The molecule has 1 aliphatic carbocycles. The van der Waals surface area contributed by atoms with Crippen molar-refractivity contribution in [2.75, 3.05) is 0 Å². The summed E-state index contributed by atoms with van der Waals surface area (Å²) in [6.45, 7) is 2.24. The van der Waals surface area contributed by atoms with Gasteiger partial charge in [0.25, 0.3) is 0 Å². The molecule has 80 valence electrons. The highest BCUT2D eigenvalue weighted by molar-refractivity contribution is 6.31. The minimum atomic E-state index is 0.929. The van der Waals surface area contributed by atoms with Crippen LogP contribution in [0, 0.1) is 0 Å². The average molecular weight is 221 g/mol. The molecule has 0 bridgehead atoms. The van der Waals surface area contributed by atoms with Crippen LogP contribution in [0.25, 0.3) is 0 Å². The molecule has 1 aromatic rings. The fourth-order valence-electron chi connectivity index (χ4n) is 2.16. The van der Waals surface area contributed by atoms with Crippen LogP contribution in [0.1, 0.15) is 37.3 Å². The van der Waals surface area contributed by atoms with E-state index in [1.165, 1.54) is 30.4 Å². The Morgan fingerprint density at radius 1 is 1.33 bits per heavy atom. The number of halogens is 1. The fraction of sp³-hybridized carbons (Fsp3) is 0.429. The van der Waals surface area contributed by atoms with Crippen molar-refractivity contribution in [3.63, 3.8) is 0 Å². The topological polar surface area (TPSA) is 0 Å². The van der Waals surface area contributed by atoms with Gasteiger partial charge < -0.3 is 0 Å². The van der Waals surface area contributed by atoms with Crippen LogP contribution in [0.15, 0.2) is 29.8 Å². The van der Waals surface area contributed by atoms with Gasteiger partial charge in [0.2, 0.25) is 0 Å². The van der Waals surface area contributed by atoms with Crippen molar-refractivity contribution in [2.24, 2.45) is 0 Å². The third kappa shape index (κ3) is 2.43. The zero-order valence-corrected chi connectivity index (χ0v) is 9.98. The Hall–Kier alpha value is -0.750. The van der Waals surface area contributed by atoms with Gasteiger partial charge in [-0.05, 0) is 42.9 Å². The van der Waals surface area contributed by atoms with E-state index < -0.39 is 0 Å². The molecular formula is C14H17Cl. The Bertz CT molecular complexity index is 377. The third-order valence-corrected chi connectivity index (χ3v) is 3.43. The van der Waals surface area contributed by atoms with Gasteiger partial charge in [-0.25, -0.2) is 0 Å². The van der Waals surface area contributed by atoms with Crippen molar-refractivity contribution >= 4 is 11.6 Å². The highest BCUT2D eigenvalue weighted by atomic mass is 35.5. The number of benzene rings is 1. The number of fused-ring (bicyclic) bond motifs is 1. The van der Waals surface area contributed by atoms with Gasteiger partial charge in [0.1, 0.15) is 0 Å². The smallest absolute Gasteiger partial charge is 0.0444 e. The predicted molar refractivity (Wildman–Crippen MR) is 66.5 cm³/mol. The quantitative estimate of drug-likeness (QED) is 0.656. The first-order valence-electron chi connectivity index (χ1n) is 5.75. The summed E-state index contributed by atoms with van der Waals surface area (Å²) in [5.74, 6) is 0. The summed E-state index contributed by atoms with van der Waals surface area (Å²) < 4.78 is 0. The summed E-state index contributed by atoms with van der Waals surface area (Å²) in [6, 6.07) is 6.26. The normalized spacial score (nSPS) is 14.7. The first-order valence-corrected chi connectivity index (χ1v) is 6.13. The Morgan fingerprint density at radius 2 is 2.20 bits per heavy atom. The fourth-order valence-corrected chi connectivity index (χ4v) is 2.43. The van der Waals surface area contributed by atoms with E-state index in [0.717, 1.165) is 17.9 Å². The zero-order chi connectivity index (χ0) is 10.7. The van der Waals surface area contributed by atoms with Gasteiger partial charge >= 0.3 is 0 Å². The molecule has 0 heterocycles. The highest BCUT2D eigenvalue weighted by Crippen LogP contribution is 2.28. The summed E-state index contributed by atoms with van der Waals surface area (Å²) in [5, 5.41) is 0.929. The predicted octanol–water partition coefficient (Wildman–Crippen LogP) is 4.56. The van der Waals surface area contributed by atoms with Crippen LogP contribution in [0.5, 0.6) is 0 Å². The van der Waals surface area contributed by atoms with E-state index in [-0.39, 0.29) is 0 Å². The second-order valence-corrected chi connectivity index (χ2v) is 4.63. The summed E-state index contributed by atoms with van der Waals surface area (Å²) in [4.78, 5) is 0. The first-order chi connectivity index (χ1) is 7.31. The number of unbranched alkanes of at least 4 members (excludes halogenated alkanes) is 1. The number of hydrogen-bond donors (Lipinski definition) is 0. The minimum absolute atomic E-state index is 0.929. The van der Waals surface area contributed by atoms with Gasteiger partial charge in [0.15, 0.2) is 0 Å². The molecule has 0 amide bonds. The molecule has 1 aliphatic rings. The second kappa shape index (κ2) is 4.85. The van der Waals surface area contributed by atoms with Crippen molar-refractivity contribution in [3.8, 4) is 0 Å². The second-order valence-electron chi connectivity index (χ2n) is 4.22. The van der Waals surface area contributed by atoms with E-state index in [9.17, 15) is 0 Å². The molecule has 1 aromatic carbocycles. The maximum atomic E-state index is 6.16. The summed E-state index contributed by atoms with van der Waals surface area (Å²) in [7, 11) is 0. The van der Waals surface area contributed by atoms with Crippen LogP contribution in [0.3, 0.4) is 0 Å². The monoisotopic (exact) mass is 220 g/mol. The molecule has 0 saturated carbocycles. The minimum Gasteiger partial charge on any atom is -0.0840 e. The van der Waals surface area contributed by atoms with Gasteiger partial charge in [0, 0.05) is 5.02 Å². The molecule has 0 atom stereocenters. The largest absolute Gasteiger partial charge is 0.0840 e. The molecule has 0 nitrogen and oxygen atoms in total. The average Bonchev–Trinajstić information content (AvgIpc) is 2.26. The number of rotatable bonds is 3. The van der Waals surface area contributed by atoms with Crippen LogP contribution in [0.4, 0.5) is 0 Å². The third-order valence-electron chi connectivity index (χ3n) is 3.08. The molecule has 0 spiro atoms. The molecule has 1 heteroatoms. The lowest BCUT2D eigenvalue weighted by Gasteiger charge is -2.17. The molecule has 0 N–H and O–H groups in total. The molecule has 15 heavy (non-hydrogen) atoms. The number of allylic oxidation sites excluding steroid dienone is 2. The molecule has 0 saturated heterocycles. The van der Waals surface area contributed by atoms with E-state index in [4.69, 9.17) is 11.6 Å². The zero-order valence-electron chi connectivity index (χ0n) is 9.22. The van der Waals surface area contributed by atoms with Crippen molar-refractivity contribution < 1.29 is 0 Å². The van der Waals surface area contributed by atoms with E-state index in [2.05, 4.69) is 25.1 Å². The van der Waals surface area contributed by atoms with Crippen LogP contribution in [-0.2, 0) is 12.8 Å². The van der Waals surface area contributed by atoms with Crippen LogP contribution >= 0.6 is 11.6 Å². The summed E-state index contributed by atoms with van der Waals surface area (Å²) in [5.41, 5.74) is 4.35. The van der Waals surface area contributed by atoms with Gasteiger partial charge in [-0.3, -0.25) is 0 Å². The first kappa shape index (κ1) is 10.8. The lowest BCUT2D eigenvalue weighted by atomic mass is 9.89. The van der Waals surface area contributed by atoms with Gasteiger partial charge in [-0.15, -0.1) is 0 Å². The Morgan fingerprint density at radius 3 is 3.00 bits per heavy atom. The molecule has 0 aromatic heterocycles. The van der Waals surface area contributed by atoms with Crippen LogP contribution in [0.2, 0.25) is 5.02 Å². The maximum absolute atomic E-state index is 6.16. The lowest BCUT2D eigenvalue weighted by molar-refractivity contribution is 0.761. The van der Waals surface area contributed by atoms with Gasteiger partial charge in [0.05, 0.1) is 0 Å². The molecule has 0 unspecified atom stereocenters. The molecule has 2 rings (SSSR count). The molecule has 0 radical (unpaired) electrons. The van der Waals surface area contributed by atoms with Gasteiger partial charge in [-0.1, -0.05) is 48.7 Å². The molecule has 0 fully saturated rings. The van der Waals surface area contributed by atoms with Crippen molar-refractivity contribution in [3.05, 3.63) is 46.0 Å². The molecular weight excluding hydrogens is 204 g/mol. The van der Waals surface area contributed by atoms with Crippen molar-refractivity contribution in [1.82, 2.24) is 0 Å². The van der Waals surface area contributed by atoms with E-state index in [0.29, 0.717) is 0 Å². The standard InChI is InChI=1S/C14H17Cl/c1-2-3-5-11-8-9-13-12(10-11)6-4-7-14(13)15/h4,6-8H,2-3,5,9-10H2,1H3. The Balaban J connectivity index is 2.13. The van der Waals surface area contributed by atoms with Crippen molar-refractivity contribution in [2.45, 2.75) is 39.0 Å². The number of hydrogen-bond acceptors (Lipinski definition) is 0. The van der Waals surface area contributed by atoms with E-state index >= 15 is 0 Å². The maximum Gasteiger partial charge on any atom is 0.0444 e. The van der Waals surface area contributed by atoms with Crippen LogP contribution < -0.4 is 0 Å². The molecule has 0 aliphatic heterocycles. The Labute approximate surface area is 97.0 Å².